The van der Waals surface area contributed by atoms with Gasteiger partial charge in [0, 0.05) is 23.0 Å². The molecule has 130 valence electrons. The van der Waals surface area contributed by atoms with Crippen LogP contribution < -0.4 is 10.9 Å². The van der Waals surface area contributed by atoms with E-state index >= 15 is 0 Å². The van der Waals surface area contributed by atoms with Crippen LogP contribution in [0.15, 0.2) is 35.1 Å². The van der Waals surface area contributed by atoms with E-state index < -0.39 is 23.2 Å². The van der Waals surface area contributed by atoms with Gasteiger partial charge in [-0.2, -0.15) is 0 Å². The summed E-state index contributed by atoms with van der Waals surface area (Å²) in [5, 5.41) is 12.0. The normalized spacial score (nSPS) is 20.8. The highest BCUT2D eigenvalue weighted by Crippen LogP contribution is 2.58. The quantitative estimate of drug-likeness (QED) is 0.788. The van der Waals surface area contributed by atoms with Gasteiger partial charge < -0.3 is 15.4 Å². The van der Waals surface area contributed by atoms with E-state index in [4.69, 9.17) is 0 Å². The molecule has 1 aliphatic rings. The smallest absolute Gasteiger partial charge is 0.307 e. The molecule has 0 saturated heterocycles. The van der Waals surface area contributed by atoms with Crippen LogP contribution in [0.4, 0.5) is 5.69 Å². The van der Waals surface area contributed by atoms with E-state index in [-0.39, 0.29) is 11.5 Å². The Kier molecular flexibility index (Phi) is 3.94. The van der Waals surface area contributed by atoms with Crippen molar-refractivity contribution in [1.29, 1.82) is 0 Å². The monoisotopic (exact) mass is 341 g/mol. The number of H-pyrrole nitrogens is 1. The van der Waals surface area contributed by atoms with Crippen LogP contribution in [-0.2, 0) is 9.59 Å². The molecular weight excluding hydrogens is 322 g/mol. The summed E-state index contributed by atoms with van der Waals surface area (Å²) in [5.41, 5.74) is 0.969. The number of carboxylic acids is 1. The Balaban J connectivity index is 1.82. The maximum Gasteiger partial charge on any atom is 0.307 e. The number of rotatable bonds is 4. The lowest BCUT2D eigenvalue weighted by molar-refractivity contribution is -0.140. The second-order valence-electron chi connectivity index (χ2n) is 6.92. The molecule has 1 aromatic heterocycles. The Morgan fingerprint density at radius 2 is 1.96 bits per heavy atom. The number of hydrogen-bond donors (Lipinski definition) is 3. The number of benzene rings is 1. The summed E-state index contributed by atoms with van der Waals surface area (Å²) in [5.74, 6) is -2.10. The molecule has 1 aromatic carbocycles. The summed E-state index contributed by atoms with van der Waals surface area (Å²) < 4.78 is 0. The molecule has 1 fully saturated rings. The first kappa shape index (κ1) is 16.9. The minimum atomic E-state index is -0.958. The van der Waals surface area contributed by atoms with Crippen molar-refractivity contribution in [2.45, 2.75) is 20.8 Å². The number of carboxylic acid groups (broad SMARTS) is 1. The molecule has 0 radical (unpaired) electrons. The molecule has 1 heterocycles. The van der Waals surface area contributed by atoms with Gasteiger partial charge in [0.15, 0.2) is 0 Å². The molecule has 2 aromatic rings. The Labute approximate surface area is 144 Å². The fourth-order valence-electron chi connectivity index (χ4n) is 3.27. The third-order valence-electron chi connectivity index (χ3n) is 4.65. The van der Waals surface area contributed by atoms with Crippen molar-refractivity contribution >= 4 is 17.6 Å². The number of nitrogens with zero attached hydrogens (tertiary/aromatic N) is 1. The zero-order valence-electron chi connectivity index (χ0n) is 14.2. The average molecular weight is 341 g/mol. The first-order chi connectivity index (χ1) is 11.7. The average Bonchev–Trinajstić information content (AvgIpc) is 3.09. The van der Waals surface area contributed by atoms with Crippen molar-refractivity contribution in [1.82, 2.24) is 9.97 Å². The van der Waals surface area contributed by atoms with Gasteiger partial charge in [-0.3, -0.25) is 14.4 Å². The number of carbonyl (C=O) groups is 2. The summed E-state index contributed by atoms with van der Waals surface area (Å²) in [6.45, 7) is 5.27. The minimum absolute atomic E-state index is 0.249. The van der Waals surface area contributed by atoms with Crippen molar-refractivity contribution in [3.05, 3.63) is 46.4 Å². The highest BCUT2D eigenvalue weighted by molar-refractivity contribution is 6.00. The molecule has 1 saturated carbocycles. The Bertz CT molecular complexity index is 917. The van der Waals surface area contributed by atoms with E-state index in [1.165, 1.54) is 6.07 Å². The van der Waals surface area contributed by atoms with Crippen molar-refractivity contribution in [2.75, 3.05) is 5.32 Å². The minimum Gasteiger partial charge on any atom is -0.481 e. The van der Waals surface area contributed by atoms with Crippen LogP contribution >= 0.6 is 0 Å². The molecule has 7 nitrogen and oxygen atoms in total. The van der Waals surface area contributed by atoms with Crippen molar-refractivity contribution < 1.29 is 14.7 Å². The zero-order valence-corrected chi connectivity index (χ0v) is 14.2. The standard InChI is InChI=1S/C18H19N3O4/c1-9-7-12(22)21-15(19-9)10-5-4-6-11(8-10)20-16(23)13-14(17(24)25)18(13,2)3/h4-8,13-14H,1-3H3,(H,20,23)(H,24,25)(H,19,21,22)/t13-,14+/m1/s1. The Hall–Kier alpha value is -2.96. The van der Waals surface area contributed by atoms with Crippen LogP contribution in [0.2, 0.25) is 0 Å². The number of aryl methyl sites for hydroxylation is 1. The Morgan fingerprint density at radius 1 is 1.24 bits per heavy atom. The predicted molar refractivity (Wildman–Crippen MR) is 92.1 cm³/mol. The van der Waals surface area contributed by atoms with Crippen LogP contribution in [-0.4, -0.2) is 27.0 Å². The molecule has 2 atom stereocenters. The highest BCUT2D eigenvalue weighted by Gasteiger charge is 2.65. The van der Waals surface area contributed by atoms with Crippen LogP contribution in [0.25, 0.3) is 11.4 Å². The molecular formula is C18H19N3O4. The topological polar surface area (TPSA) is 112 Å². The number of aliphatic carboxylic acids is 1. The van der Waals surface area contributed by atoms with Gasteiger partial charge >= 0.3 is 5.97 Å². The molecule has 0 aliphatic heterocycles. The predicted octanol–water partition coefficient (Wildman–Crippen LogP) is 2.04. The van der Waals surface area contributed by atoms with Crippen LogP contribution in [0, 0.1) is 24.2 Å². The maximum atomic E-state index is 12.4. The molecule has 7 heteroatoms. The maximum absolute atomic E-state index is 12.4. The summed E-state index contributed by atoms with van der Waals surface area (Å²) in [6.07, 6.45) is 0. The van der Waals surface area contributed by atoms with Crippen LogP contribution in [0.1, 0.15) is 19.5 Å². The van der Waals surface area contributed by atoms with Crippen molar-refractivity contribution in [3.63, 3.8) is 0 Å². The van der Waals surface area contributed by atoms with Crippen LogP contribution in [0.3, 0.4) is 0 Å². The van der Waals surface area contributed by atoms with Gasteiger partial charge in [-0.15, -0.1) is 0 Å². The summed E-state index contributed by atoms with van der Waals surface area (Å²) >= 11 is 0. The number of amides is 1. The van der Waals surface area contributed by atoms with Gasteiger partial charge in [-0.05, 0) is 24.5 Å². The van der Waals surface area contributed by atoms with E-state index in [0.29, 0.717) is 22.8 Å². The van der Waals surface area contributed by atoms with E-state index in [1.54, 1.807) is 45.0 Å². The highest BCUT2D eigenvalue weighted by atomic mass is 16.4. The number of anilines is 1. The second-order valence-corrected chi connectivity index (χ2v) is 6.92. The van der Waals surface area contributed by atoms with Gasteiger partial charge in [-0.1, -0.05) is 26.0 Å². The molecule has 0 bridgehead atoms. The lowest BCUT2D eigenvalue weighted by atomic mass is 10.1. The zero-order chi connectivity index (χ0) is 18.4. The van der Waals surface area contributed by atoms with Crippen LogP contribution in [0.5, 0.6) is 0 Å². The van der Waals surface area contributed by atoms with Gasteiger partial charge in [-0.25, -0.2) is 4.98 Å². The summed E-state index contributed by atoms with van der Waals surface area (Å²) in [6, 6.07) is 8.31. The third-order valence-corrected chi connectivity index (χ3v) is 4.65. The molecule has 3 rings (SSSR count). The first-order valence-corrected chi connectivity index (χ1v) is 7.92. The molecule has 0 unspecified atom stereocenters. The Morgan fingerprint density at radius 3 is 2.56 bits per heavy atom. The van der Waals surface area contributed by atoms with Gasteiger partial charge in [0.2, 0.25) is 5.91 Å². The summed E-state index contributed by atoms with van der Waals surface area (Å²) in [4.78, 5) is 42.2. The molecule has 1 aliphatic carbocycles. The van der Waals surface area contributed by atoms with E-state index in [0.717, 1.165) is 0 Å². The number of aromatic nitrogens is 2. The molecule has 3 N–H and O–H groups in total. The second kappa shape index (κ2) is 5.84. The fourth-order valence-corrected chi connectivity index (χ4v) is 3.27. The lowest BCUT2D eigenvalue weighted by Crippen LogP contribution is -2.17. The molecule has 25 heavy (non-hydrogen) atoms. The van der Waals surface area contributed by atoms with Crippen molar-refractivity contribution in [3.8, 4) is 11.4 Å². The summed E-state index contributed by atoms with van der Waals surface area (Å²) in [7, 11) is 0. The number of hydrogen-bond acceptors (Lipinski definition) is 4. The van der Waals surface area contributed by atoms with Gasteiger partial charge in [0.05, 0.1) is 11.8 Å². The fraction of sp³-hybridized carbons (Fsp3) is 0.333. The number of aromatic amines is 1. The van der Waals surface area contributed by atoms with E-state index in [2.05, 4.69) is 15.3 Å². The van der Waals surface area contributed by atoms with E-state index in [1.807, 2.05) is 0 Å². The van der Waals surface area contributed by atoms with Gasteiger partial charge in [0.25, 0.3) is 5.56 Å². The SMILES string of the molecule is Cc1cc(=O)[nH]c(-c2cccc(NC(=O)[C@H]3[C@@H](C(=O)O)C3(C)C)c2)n1. The number of nitrogens with one attached hydrogen (secondary N) is 2. The van der Waals surface area contributed by atoms with E-state index in [9.17, 15) is 19.5 Å². The third kappa shape index (κ3) is 3.17. The lowest BCUT2D eigenvalue weighted by Gasteiger charge is -2.08. The largest absolute Gasteiger partial charge is 0.481 e. The first-order valence-electron chi connectivity index (χ1n) is 7.92. The molecule has 0 spiro atoms. The van der Waals surface area contributed by atoms with Gasteiger partial charge in [0.1, 0.15) is 5.82 Å². The van der Waals surface area contributed by atoms with Crippen molar-refractivity contribution in [2.24, 2.45) is 17.3 Å². The molecule has 1 amide bonds. The number of carbonyl (C=O) groups excluding carboxylic acids is 1.